The van der Waals surface area contributed by atoms with Gasteiger partial charge in [0.25, 0.3) is 0 Å². The summed E-state index contributed by atoms with van der Waals surface area (Å²) in [6.07, 6.45) is 9.60. The van der Waals surface area contributed by atoms with Crippen LogP contribution in [0, 0.1) is 11.8 Å². The highest BCUT2D eigenvalue weighted by Crippen LogP contribution is 2.05. The second kappa shape index (κ2) is 11.5. The molecule has 0 aliphatic heterocycles. The largest absolute Gasteiger partial charge is 0.395 e. The van der Waals surface area contributed by atoms with Gasteiger partial charge >= 0.3 is 0 Å². The van der Waals surface area contributed by atoms with Crippen LogP contribution in [0.15, 0.2) is 0 Å². The van der Waals surface area contributed by atoms with Crippen molar-refractivity contribution >= 4 is 0 Å². The fourth-order valence-electron chi connectivity index (χ4n) is 1.23. The summed E-state index contributed by atoms with van der Waals surface area (Å²) in [6.45, 7) is 2.43. The van der Waals surface area contributed by atoms with Crippen LogP contribution in [-0.2, 0) is 0 Å². The monoisotopic (exact) mass is 182 g/mol. The zero-order chi connectivity index (χ0) is 9.78. The minimum atomic E-state index is 0.198. The Morgan fingerprint density at radius 3 is 2.15 bits per heavy atom. The number of aliphatic hydroxyl groups excluding tert-OH is 1. The molecule has 0 rings (SSSR count). The molecule has 0 aliphatic carbocycles. The Hall–Kier alpha value is -0.480. The first-order valence-electron chi connectivity index (χ1n) is 5.48. The zero-order valence-corrected chi connectivity index (χ0v) is 8.81. The molecule has 0 amide bonds. The van der Waals surface area contributed by atoms with E-state index in [0.717, 1.165) is 6.42 Å². The smallest absolute Gasteiger partial charge is 0.0540 e. The first-order valence-corrected chi connectivity index (χ1v) is 5.48. The predicted molar refractivity (Wildman–Crippen MR) is 57.5 cm³/mol. The first-order chi connectivity index (χ1) is 6.41. The van der Waals surface area contributed by atoms with Gasteiger partial charge in [-0.25, -0.2) is 0 Å². The summed E-state index contributed by atoms with van der Waals surface area (Å²) in [5.41, 5.74) is 0. The molecule has 0 saturated heterocycles. The van der Waals surface area contributed by atoms with Crippen molar-refractivity contribution in [1.29, 1.82) is 0 Å². The van der Waals surface area contributed by atoms with Gasteiger partial charge in [0.2, 0.25) is 0 Å². The molecule has 0 aromatic heterocycles. The summed E-state index contributed by atoms with van der Waals surface area (Å²) in [5, 5.41) is 8.46. The van der Waals surface area contributed by atoms with Gasteiger partial charge in [0.05, 0.1) is 6.61 Å². The molecule has 0 aromatic rings. The maximum atomic E-state index is 8.46. The molecule has 76 valence electrons. The third-order valence-electron chi connectivity index (χ3n) is 2.02. The molecular weight excluding hydrogens is 160 g/mol. The molecular formula is C12H22O. The highest BCUT2D eigenvalue weighted by atomic mass is 16.2. The SMILES string of the molecule is CCCCCCCCC#CCCO. The average Bonchev–Trinajstić information content (AvgIpc) is 2.16. The normalized spacial score (nSPS) is 9.38. The summed E-state index contributed by atoms with van der Waals surface area (Å²) < 4.78 is 0. The minimum absolute atomic E-state index is 0.198. The molecule has 0 unspecified atom stereocenters. The molecule has 1 N–H and O–H groups in total. The van der Waals surface area contributed by atoms with Crippen LogP contribution >= 0.6 is 0 Å². The van der Waals surface area contributed by atoms with Crippen molar-refractivity contribution in [2.75, 3.05) is 6.61 Å². The zero-order valence-electron chi connectivity index (χ0n) is 8.81. The number of aliphatic hydroxyl groups is 1. The third-order valence-corrected chi connectivity index (χ3v) is 2.02. The molecule has 13 heavy (non-hydrogen) atoms. The average molecular weight is 182 g/mol. The van der Waals surface area contributed by atoms with Crippen LogP contribution in [-0.4, -0.2) is 11.7 Å². The maximum absolute atomic E-state index is 8.46. The second-order valence-electron chi connectivity index (χ2n) is 3.34. The van der Waals surface area contributed by atoms with E-state index < -0.39 is 0 Å². The van der Waals surface area contributed by atoms with Gasteiger partial charge in [0, 0.05) is 12.8 Å². The molecule has 1 nitrogen and oxygen atoms in total. The highest BCUT2D eigenvalue weighted by Gasteiger charge is 1.87. The van der Waals surface area contributed by atoms with Gasteiger partial charge in [-0.1, -0.05) is 39.0 Å². The lowest BCUT2D eigenvalue weighted by Gasteiger charge is -1.96. The quantitative estimate of drug-likeness (QED) is 0.474. The summed E-state index contributed by atoms with van der Waals surface area (Å²) in [4.78, 5) is 0. The van der Waals surface area contributed by atoms with Gasteiger partial charge in [-0.15, -0.1) is 11.8 Å². The van der Waals surface area contributed by atoms with Crippen molar-refractivity contribution in [3.63, 3.8) is 0 Å². The highest BCUT2D eigenvalue weighted by molar-refractivity contribution is 4.98. The van der Waals surface area contributed by atoms with E-state index in [1.165, 1.54) is 38.5 Å². The van der Waals surface area contributed by atoms with E-state index in [1.807, 2.05) is 0 Å². The van der Waals surface area contributed by atoms with Crippen LogP contribution in [0.2, 0.25) is 0 Å². The molecule has 0 spiro atoms. The Bertz CT molecular complexity index is 141. The van der Waals surface area contributed by atoms with Crippen LogP contribution in [0.25, 0.3) is 0 Å². The molecule has 0 heterocycles. The molecule has 1 heteroatoms. The van der Waals surface area contributed by atoms with Gasteiger partial charge < -0.3 is 5.11 Å². The number of rotatable bonds is 7. The Morgan fingerprint density at radius 2 is 1.46 bits per heavy atom. The van der Waals surface area contributed by atoms with Crippen molar-refractivity contribution in [2.45, 2.75) is 58.3 Å². The lowest BCUT2D eigenvalue weighted by atomic mass is 10.1. The summed E-state index contributed by atoms with van der Waals surface area (Å²) in [6, 6.07) is 0. The fourth-order valence-corrected chi connectivity index (χ4v) is 1.23. The van der Waals surface area contributed by atoms with E-state index in [4.69, 9.17) is 5.11 Å². The first kappa shape index (κ1) is 12.5. The summed E-state index contributed by atoms with van der Waals surface area (Å²) in [7, 11) is 0. The van der Waals surface area contributed by atoms with E-state index in [0.29, 0.717) is 6.42 Å². The molecule has 0 bridgehead atoms. The van der Waals surface area contributed by atoms with E-state index in [-0.39, 0.29) is 6.61 Å². The Morgan fingerprint density at radius 1 is 0.846 bits per heavy atom. The minimum Gasteiger partial charge on any atom is -0.395 e. The maximum Gasteiger partial charge on any atom is 0.0540 e. The fraction of sp³-hybridized carbons (Fsp3) is 0.833. The molecule has 0 aliphatic rings. The van der Waals surface area contributed by atoms with Crippen molar-refractivity contribution in [2.24, 2.45) is 0 Å². The predicted octanol–water partition coefficient (Wildman–Crippen LogP) is 3.12. The molecule has 0 radical (unpaired) electrons. The van der Waals surface area contributed by atoms with Gasteiger partial charge in [-0.05, 0) is 6.42 Å². The number of hydrogen-bond acceptors (Lipinski definition) is 1. The van der Waals surface area contributed by atoms with E-state index in [9.17, 15) is 0 Å². The van der Waals surface area contributed by atoms with Crippen LogP contribution in [0.1, 0.15) is 58.3 Å². The summed E-state index contributed by atoms with van der Waals surface area (Å²) in [5.74, 6) is 6.00. The van der Waals surface area contributed by atoms with Crippen LogP contribution < -0.4 is 0 Å². The second-order valence-corrected chi connectivity index (χ2v) is 3.34. The van der Waals surface area contributed by atoms with E-state index >= 15 is 0 Å². The lowest BCUT2D eigenvalue weighted by Crippen LogP contribution is -1.79. The van der Waals surface area contributed by atoms with Crippen LogP contribution in [0.3, 0.4) is 0 Å². The standard InChI is InChI=1S/C12H22O/c1-2-3-4-5-6-7-8-9-10-11-12-13/h13H,2-8,11-12H2,1H3. The van der Waals surface area contributed by atoms with Gasteiger partial charge in [-0.3, -0.25) is 0 Å². The van der Waals surface area contributed by atoms with Crippen molar-refractivity contribution < 1.29 is 5.11 Å². The Kier molecular flexibility index (Phi) is 11.1. The van der Waals surface area contributed by atoms with Gasteiger partial charge in [-0.2, -0.15) is 0 Å². The van der Waals surface area contributed by atoms with Crippen LogP contribution in [0.4, 0.5) is 0 Å². The summed E-state index contributed by atoms with van der Waals surface area (Å²) >= 11 is 0. The van der Waals surface area contributed by atoms with Crippen molar-refractivity contribution in [1.82, 2.24) is 0 Å². The molecule has 0 atom stereocenters. The van der Waals surface area contributed by atoms with Gasteiger partial charge in [0.15, 0.2) is 0 Å². The third kappa shape index (κ3) is 11.5. The number of unbranched alkanes of at least 4 members (excludes halogenated alkanes) is 6. The lowest BCUT2D eigenvalue weighted by molar-refractivity contribution is 0.305. The number of hydrogen-bond donors (Lipinski definition) is 1. The molecule has 0 saturated carbocycles. The van der Waals surface area contributed by atoms with Crippen LogP contribution in [0.5, 0.6) is 0 Å². The van der Waals surface area contributed by atoms with E-state index in [2.05, 4.69) is 18.8 Å². The molecule has 0 fully saturated rings. The Labute approximate surface area is 82.5 Å². The topological polar surface area (TPSA) is 20.2 Å². The van der Waals surface area contributed by atoms with Crippen molar-refractivity contribution in [3.8, 4) is 11.8 Å². The Balaban J connectivity index is 2.96. The van der Waals surface area contributed by atoms with Gasteiger partial charge in [0.1, 0.15) is 0 Å². The van der Waals surface area contributed by atoms with Crippen molar-refractivity contribution in [3.05, 3.63) is 0 Å². The molecule has 0 aromatic carbocycles. The van der Waals surface area contributed by atoms with E-state index in [1.54, 1.807) is 0 Å².